The second kappa shape index (κ2) is 10.8. The smallest absolute Gasteiger partial charge is 0.163 e. The summed E-state index contributed by atoms with van der Waals surface area (Å²) in [5.41, 5.74) is 0. The third-order valence-electron chi connectivity index (χ3n) is 2.46. The number of hydrogen-bond acceptors (Lipinski definition) is 5. The highest BCUT2D eigenvalue weighted by atomic mass is 32.1. The SMILES string of the molecule is CC(C)C(=O)[C@@H](C)OCCCOCCN[C@H](C)S. The minimum atomic E-state index is -0.309. The van der Waals surface area contributed by atoms with Gasteiger partial charge in [0.15, 0.2) is 5.78 Å². The number of carbonyl (C=O) groups is 1. The Kier molecular flexibility index (Phi) is 10.7. The van der Waals surface area contributed by atoms with Crippen LogP contribution in [0.2, 0.25) is 0 Å². The van der Waals surface area contributed by atoms with Crippen LogP contribution in [0.1, 0.15) is 34.1 Å². The number of nitrogens with one attached hydrogen (secondary N) is 1. The summed E-state index contributed by atoms with van der Waals surface area (Å²) in [5.74, 6) is 0.188. The van der Waals surface area contributed by atoms with Crippen molar-refractivity contribution >= 4 is 18.4 Å². The second-order valence-electron chi connectivity index (χ2n) is 4.67. The third-order valence-corrected chi connectivity index (χ3v) is 2.64. The molecule has 0 heterocycles. The van der Waals surface area contributed by atoms with Crippen molar-refractivity contribution in [3.8, 4) is 0 Å². The molecule has 0 saturated carbocycles. The van der Waals surface area contributed by atoms with Crippen molar-refractivity contribution < 1.29 is 14.3 Å². The zero-order chi connectivity index (χ0) is 14.0. The fourth-order valence-corrected chi connectivity index (χ4v) is 1.54. The Hall–Kier alpha value is -0.100. The molecule has 18 heavy (non-hydrogen) atoms. The van der Waals surface area contributed by atoms with E-state index >= 15 is 0 Å². The van der Waals surface area contributed by atoms with E-state index in [4.69, 9.17) is 9.47 Å². The van der Waals surface area contributed by atoms with Crippen molar-refractivity contribution in [3.05, 3.63) is 0 Å². The predicted octanol–water partition coefficient (Wildman–Crippen LogP) is 1.89. The monoisotopic (exact) mass is 277 g/mol. The van der Waals surface area contributed by atoms with Gasteiger partial charge < -0.3 is 14.8 Å². The zero-order valence-electron chi connectivity index (χ0n) is 11.9. The number of hydrogen-bond donors (Lipinski definition) is 2. The average molecular weight is 277 g/mol. The number of rotatable bonds is 11. The van der Waals surface area contributed by atoms with Gasteiger partial charge in [0.1, 0.15) is 6.10 Å². The quantitative estimate of drug-likeness (QED) is 0.344. The van der Waals surface area contributed by atoms with Crippen LogP contribution in [0.3, 0.4) is 0 Å². The van der Waals surface area contributed by atoms with Crippen LogP contribution in [-0.2, 0) is 14.3 Å². The maximum Gasteiger partial charge on any atom is 0.163 e. The molecule has 0 radical (unpaired) electrons. The fourth-order valence-electron chi connectivity index (χ4n) is 1.41. The average Bonchev–Trinajstić information content (AvgIpc) is 2.30. The van der Waals surface area contributed by atoms with E-state index in [1.54, 1.807) is 6.92 Å². The molecule has 0 bridgehead atoms. The van der Waals surface area contributed by atoms with Gasteiger partial charge in [-0.15, -0.1) is 0 Å². The summed E-state index contributed by atoms with van der Waals surface area (Å²) in [7, 11) is 0. The summed E-state index contributed by atoms with van der Waals surface area (Å²) in [6.07, 6.45) is 0.503. The Morgan fingerprint density at radius 2 is 1.83 bits per heavy atom. The van der Waals surface area contributed by atoms with Crippen LogP contribution in [-0.4, -0.2) is 43.6 Å². The first kappa shape index (κ1) is 17.9. The molecule has 2 atom stereocenters. The lowest BCUT2D eigenvalue weighted by Crippen LogP contribution is -2.26. The molecule has 0 saturated heterocycles. The predicted molar refractivity (Wildman–Crippen MR) is 77.1 cm³/mol. The van der Waals surface area contributed by atoms with E-state index in [1.807, 2.05) is 20.8 Å². The van der Waals surface area contributed by atoms with Crippen LogP contribution in [0, 0.1) is 5.92 Å². The van der Waals surface area contributed by atoms with E-state index < -0.39 is 0 Å². The van der Waals surface area contributed by atoms with Gasteiger partial charge in [-0.1, -0.05) is 13.8 Å². The Bertz CT molecular complexity index is 222. The summed E-state index contributed by atoms with van der Waals surface area (Å²) in [5, 5.41) is 3.34. The van der Waals surface area contributed by atoms with Crippen LogP contribution in [0.4, 0.5) is 0 Å². The van der Waals surface area contributed by atoms with Crippen LogP contribution >= 0.6 is 12.6 Å². The van der Waals surface area contributed by atoms with Crippen molar-refractivity contribution in [1.29, 1.82) is 0 Å². The van der Waals surface area contributed by atoms with E-state index in [1.165, 1.54) is 0 Å². The number of ether oxygens (including phenoxy) is 2. The minimum absolute atomic E-state index is 0.0329. The molecule has 0 aromatic heterocycles. The molecule has 1 N–H and O–H groups in total. The maximum atomic E-state index is 11.5. The molecule has 0 amide bonds. The third kappa shape index (κ3) is 9.88. The molecule has 0 unspecified atom stereocenters. The van der Waals surface area contributed by atoms with Crippen molar-refractivity contribution in [1.82, 2.24) is 5.32 Å². The number of ketones is 1. The topological polar surface area (TPSA) is 47.6 Å². The highest BCUT2D eigenvalue weighted by molar-refractivity contribution is 7.80. The van der Waals surface area contributed by atoms with Crippen molar-refractivity contribution in [3.63, 3.8) is 0 Å². The van der Waals surface area contributed by atoms with Gasteiger partial charge in [-0.25, -0.2) is 0 Å². The van der Waals surface area contributed by atoms with Gasteiger partial charge in [-0.2, -0.15) is 12.6 Å². The second-order valence-corrected chi connectivity index (χ2v) is 5.44. The summed E-state index contributed by atoms with van der Waals surface area (Å²) >= 11 is 4.20. The minimum Gasteiger partial charge on any atom is -0.380 e. The van der Waals surface area contributed by atoms with Crippen LogP contribution < -0.4 is 5.32 Å². The molecule has 0 aromatic rings. The lowest BCUT2D eigenvalue weighted by molar-refractivity contribution is -0.132. The van der Waals surface area contributed by atoms with E-state index in [-0.39, 0.29) is 23.2 Å². The lowest BCUT2D eigenvalue weighted by atomic mass is 10.1. The van der Waals surface area contributed by atoms with Crippen molar-refractivity contribution in [2.75, 3.05) is 26.4 Å². The lowest BCUT2D eigenvalue weighted by Gasteiger charge is -2.14. The molecule has 0 aliphatic rings. The molecule has 0 fully saturated rings. The maximum absolute atomic E-state index is 11.5. The Labute approximate surface area is 116 Å². The number of carbonyl (C=O) groups excluding carboxylic acids is 1. The van der Waals surface area contributed by atoms with E-state index in [2.05, 4.69) is 17.9 Å². The summed E-state index contributed by atoms with van der Waals surface area (Å²) in [6, 6.07) is 0. The molecular weight excluding hydrogens is 250 g/mol. The fraction of sp³-hybridized carbons (Fsp3) is 0.923. The van der Waals surface area contributed by atoms with Crippen LogP contribution in [0.15, 0.2) is 0 Å². The van der Waals surface area contributed by atoms with Gasteiger partial charge in [0.2, 0.25) is 0 Å². The van der Waals surface area contributed by atoms with E-state index in [0.29, 0.717) is 19.8 Å². The molecule has 108 valence electrons. The van der Waals surface area contributed by atoms with Gasteiger partial charge in [0.05, 0.1) is 6.61 Å². The van der Waals surface area contributed by atoms with Crippen LogP contribution in [0.25, 0.3) is 0 Å². The molecule has 0 aromatic carbocycles. The van der Waals surface area contributed by atoms with Gasteiger partial charge in [0, 0.05) is 31.1 Å². The summed E-state index contributed by atoms with van der Waals surface area (Å²) < 4.78 is 10.9. The highest BCUT2D eigenvalue weighted by Crippen LogP contribution is 2.03. The van der Waals surface area contributed by atoms with Gasteiger partial charge >= 0.3 is 0 Å². The van der Waals surface area contributed by atoms with Gasteiger partial charge in [-0.3, -0.25) is 4.79 Å². The van der Waals surface area contributed by atoms with Gasteiger partial charge in [-0.05, 0) is 20.3 Å². The first-order valence-electron chi connectivity index (χ1n) is 6.59. The first-order valence-corrected chi connectivity index (χ1v) is 7.11. The standard InChI is InChI=1S/C13H27NO3S/c1-10(2)13(15)11(3)17-8-5-7-16-9-6-14-12(4)18/h10-12,14,18H,5-9H2,1-4H3/t11-,12+/m1/s1. The molecule has 0 spiro atoms. The van der Waals surface area contributed by atoms with E-state index in [0.717, 1.165) is 13.0 Å². The molecular formula is C13H27NO3S. The largest absolute Gasteiger partial charge is 0.380 e. The summed E-state index contributed by atoms with van der Waals surface area (Å²) in [6.45, 7) is 10.3. The Balaban J connectivity index is 3.33. The van der Waals surface area contributed by atoms with Crippen molar-refractivity contribution in [2.24, 2.45) is 5.92 Å². The number of Topliss-reactive ketones (excluding diaryl/α,β-unsaturated/α-hetero) is 1. The first-order chi connectivity index (χ1) is 8.45. The number of thiol groups is 1. The zero-order valence-corrected chi connectivity index (χ0v) is 12.8. The normalized spacial score (nSPS) is 14.8. The van der Waals surface area contributed by atoms with Crippen LogP contribution in [0.5, 0.6) is 0 Å². The Morgan fingerprint density at radius 1 is 1.17 bits per heavy atom. The molecule has 4 nitrogen and oxygen atoms in total. The molecule has 5 heteroatoms. The Morgan fingerprint density at radius 3 is 2.39 bits per heavy atom. The molecule has 0 aliphatic heterocycles. The molecule has 0 aliphatic carbocycles. The van der Waals surface area contributed by atoms with Crippen molar-refractivity contribution in [2.45, 2.75) is 45.6 Å². The highest BCUT2D eigenvalue weighted by Gasteiger charge is 2.16. The summed E-state index contributed by atoms with van der Waals surface area (Å²) in [4.78, 5) is 11.5. The van der Waals surface area contributed by atoms with E-state index in [9.17, 15) is 4.79 Å². The van der Waals surface area contributed by atoms with Gasteiger partial charge in [0.25, 0.3) is 0 Å². The molecule has 0 rings (SSSR count).